The van der Waals surface area contributed by atoms with Crippen LogP contribution in [-0.4, -0.2) is 92.9 Å². The lowest BCUT2D eigenvalue weighted by molar-refractivity contribution is -0.143. The molecule has 4 atom stereocenters. The smallest absolute Gasteiger partial charge is 0.507 e. The molecule has 330 valence electrons. The molecule has 3 aliphatic carbocycles. The summed E-state index contributed by atoms with van der Waals surface area (Å²) in [5.74, 6) is -2.02. The topological polar surface area (TPSA) is 165 Å². The fourth-order valence-electron chi connectivity index (χ4n) is 9.25. The van der Waals surface area contributed by atoms with E-state index in [1.54, 1.807) is 39.0 Å². The van der Waals surface area contributed by atoms with Gasteiger partial charge in [0.25, 0.3) is 5.88 Å². The van der Waals surface area contributed by atoms with Gasteiger partial charge in [0.1, 0.15) is 35.0 Å². The first kappa shape index (κ1) is 43.4. The monoisotopic (exact) mass is 868 g/mol. The van der Waals surface area contributed by atoms with Gasteiger partial charge < -0.3 is 42.5 Å². The molecule has 2 heterocycles. The highest BCUT2D eigenvalue weighted by Gasteiger charge is 2.69. The van der Waals surface area contributed by atoms with Gasteiger partial charge in [0.15, 0.2) is 25.4 Å². The molecule has 2 fully saturated rings. The predicted octanol–water partition coefficient (Wildman–Crippen LogP) is 8.80. The molecule has 0 spiro atoms. The maximum atomic E-state index is 16.2. The van der Waals surface area contributed by atoms with Crippen LogP contribution in [0, 0.1) is 11.8 Å². The number of aromatic nitrogens is 1. The zero-order valence-electron chi connectivity index (χ0n) is 37.1. The van der Waals surface area contributed by atoms with E-state index in [1.165, 1.54) is 14.2 Å². The van der Waals surface area contributed by atoms with E-state index >= 15 is 9.59 Å². The second-order valence-electron chi connectivity index (χ2n) is 19.1. The summed E-state index contributed by atoms with van der Waals surface area (Å²) in [6, 6.07) is 14.1. The number of methoxy groups -OCH3 is 2. The largest absolute Gasteiger partial charge is 0.514 e. The first-order valence-electron chi connectivity index (χ1n) is 21.1. The van der Waals surface area contributed by atoms with Crippen LogP contribution in [0.5, 0.6) is 23.1 Å². The van der Waals surface area contributed by atoms with Crippen LogP contribution < -0.4 is 18.9 Å². The quantitative estimate of drug-likeness (QED) is 0.0734. The molecule has 14 nitrogen and oxygen atoms in total. The molecule has 1 aromatic heterocycles. The molecule has 1 N–H and O–H groups in total. The molecule has 15 heteroatoms. The van der Waals surface area contributed by atoms with Crippen LogP contribution in [0.4, 0.5) is 4.79 Å². The number of hydrogen-bond acceptors (Lipinski definition) is 14. The highest BCUT2D eigenvalue weighted by atomic mass is 28.4. The van der Waals surface area contributed by atoms with Crippen molar-refractivity contribution in [1.29, 1.82) is 0 Å². The van der Waals surface area contributed by atoms with Crippen LogP contribution in [0.3, 0.4) is 0 Å². The van der Waals surface area contributed by atoms with Gasteiger partial charge in [-0.15, -0.1) is 0 Å². The summed E-state index contributed by atoms with van der Waals surface area (Å²) in [4.78, 5) is 47.8. The van der Waals surface area contributed by atoms with Crippen molar-refractivity contribution in [3.8, 4) is 23.1 Å². The summed E-state index contributed by atoms with van der Waals surface area (Å²) in [6.45, 7) is 17.2. The molecule has 1 aliphatic heterocycles. The van der Waals surface area contributed by atoms with E-state index in [1.807, 2.05) is 64.2 Å². The van der Waals surface area contributed by atoms with Gasteiger partial charge in [0.2, 0.25) is 11.6 Å². The molecular formula is C47H56N2O12Si. The van der Waals surface area contributed by atoms with Crippen LogP contribution >= 0.6 is 0 Å². The first-order chi connectivity index (χ1) is 29.3. The van der Waals surface area contributed by atoms with E-state index in [9.17, 15) is 9.90 Å². The van der Waals surface area contributed by atoms with Crippen molar-refractivity contribution in [3.05, 3.63) is 82.1 Å². The van der Waals surface area contributed by atoms with Gasteiger partial charge in [0.05, 0.1) is 39.0 Å². The Morgan fingerprint density at radius 2 is 1.65 bits per heavy atom. The standard InChI is InChI=1S/C47H56N2O12Si/c1-45(2,3)59-44(53)58-39-30-24-28(54-7)16-17-29(30)38(55-8)31-22-27-23-32-36(49-18-20-56-21-19-49)40-35(43(48-60-40)57-25-26-14-12-11-13-15-26)42(52)47(32,61-62(9,10)46(4,5)6)41(51)33(27)37(50)34(31)39/h11-17,24,27,32,36,50H,18-23,25H2,1-10H3/t27-,32-,36-,47-/m0/s1. The Morgan fingerprint density at radius 3 is 2.29 bits per heavy atom. The molecule has 8 rings (SSSR count). The Morgan fingerprint density at radius 1 is 0.935 bits per heavy atom. The van der Waals surface area contributed by atoms with Crippen molar-refractivity contribution in [2.24, 2.45) is 11.8 Å². The lowest BCUT2D eigenvalue weighted by atomic mass is 9.57. The Kier molecular flexibility index (Phi) is 11.1. The number of carbonyl (C=O) groups is 3. The highest BCUT2D eigenvalue weighted by Crippen LogP contribution is 2.60. The Bertz CT molecular complexity index is 2460. The summed E-state index contributed by atoms with van der Waals surface area (Å²) < 4.78 is 48.9. The Balaban J connectivity index is 1.38. The number of nitrogens with zero attached hydrogens (tertiary/aromatic N) is 2. The average molecular weight is 869 g/mol. The molecule has 4 aliphatic rings. The number of carbonyl (C=O) groups excluding carboxylic acids is 3. The van der Waals surface area contributed by atoms with Crippen LogP contribution in [0.2, 0.25) is 18.1 Å². The lowest BCUT2D eigenvalue weighted by Crippen LogP contribution is -2.69. The van der Waals surface area contributed by atoms with E-state index in [2.05, 4.69) is 10.1 Å². The third-order valence-electron chi connectivity index (χ3n) is 13.1. The minimum Gasteiger partial charge on any atom is -0.507 e. The number of benzene rings is 3. The summed E-state index contributed by atoms with van der Waals surface area (Å²) >= 11 is 0. The van der Waals surface area contributed by atoms with Crippen LogP contribution in [0.1, 0.15) is 86.8 Å². The fourth-order valence-corrected chi connectivity index (χ4v) is 10.7. The summed E-state index contributed by atoms with van der Waals surface area (Å²) in [5.41, 5.74) is -1.53. The van der Waals surface area contributed by atoms with E-state index in [-0.39, 0.29) is 47.8 Å². The van der Waals surface area contributed by atoms with Crippen molar-refractivity contribution in [2.75, 3.05) is 40.5 Å². The molecule has 1 saturated heterocycles. The van der Waals surface area contributed by atoms with Gasteiger partial charge in [-0.1, -0.05) is 51.1 Å². The summed E-state index contributed by atoms with van der Waals surface area (Å²) in [6.07, 6.45) is -0.582. The van der Waals surface area contributed by atoms with Gasteiger partial charge in [-0.25, -0.2) is 4.79 Å². The molecule has 62 heavy (non-hydrogen) atoms. The number of aliphatic hydroxyl groups is 1. The summed E-state index contributed by atoms with van der Waals surface area (Å²) in [5, 5.41) is 17.7. The lowest BCUT2D eigenvalue weighted by Gasteiger charge is -2.55. The van der Waals surface area contributed by atoms with Crippen molar-refractivity contribution in [2.45, 2.75) is 96.4 Å². The third kappa shape index (κ3) is 7.25. The van der Waals surface area contributed by atoms with E-state index < -0.39 is 65.9 Å². The van der Waals surface area contributed by atoms with Crippen molar-refractivity contribution in [1.82, 2.24) is 10.1 Å². The number of morpholine rings is 1. The number of fused-ring (bicyclic) bond motifs is 5. The van der Waals surface area contributed by atoms with Gasteiger partial charge >= 0.3 is 6.16 Å². The summed E-state index contributed by atoms with van der Waals surface area (Å²) in [7, 11) is 0.0155. The van der Waals surface area contributed by atoms with Crippen molar-refractivity contribution < 1.29 is 56.9 Å². The third-order valence-corrected chi connectivity index (χ3v) is 17.5. The maximum Gasteiger partial charge on any atom is 0.514 e. The number of hydrogen-bond donors (Lipinski definition) is 1. The van der Waals surface area contributed by atoms with Crippen molar-refractivity contribution >= 4 is 42.6 Å². The zero-order valence-corrected chi connectivity index (χ0v) is 38.1. The van der Waals surface area contributed by atoms with Crippen molar-refractivity contribution in [3.63, 3.8) is 0 Å². The number of ether oxygens (including phenoxy) is 6. The van der Waals surface area contributed by atoms with Gasteiger partial charge in [-0.3, -0.25) is 14.5 Å². The molecule has 0 radical (unpaired) electrons. The predicted molar refractivity (Wildman–Crippen MR) is 232 cm³/mol. The molecule has 3 aromatic carbocycles. The number of Topliss-reactive ketones (excluding diaryl/α,β-unsaturated/α-hetero) is 2. The Hall–Kier alpha value is -5.22. The molecule has 0 bridgehead atoms. The highest BCUT2D eigenvalue weighted by molar-refractivity contribution is 6.74. The van der Waals surface area contributed by atoms with E-state index in [0.717, 1.165) is 5.56 Å². The van der Waals surface area contributed by atoms with Crippen LogP contribution in [0.15, 0.2) is 58.6 Å². The SMILES string of the molecule is COc1ccc2c(OC)c3c(c(OC(=O)OC(C)(C)C)c2c1)C(O)=C1C(=O)[C@]2(O[Si](C)(C)C(C)(C)C)C(=O)c4c(OCc5ccccc5)noc4[C@@H](N4CCOCC4)[C@@H]2C[C@@H]1C3. The molecular weight excluding hydrogens is 813 g/mol. The molecule has 1 saturated carbocycles. The Labute approximate surface area is 362 Å². The van der Waals surface area contributed by atoms with Crippen LogP contribution in [-0.2, 0) is 31.7 Å². The maximum absolute atomic E-state index is 16.2. The minimum atomic E-state index is -3.03. The second-order valence-corrected chi connectivity index (χ2v) is 23.8. The van der Waals surface area contributed by atoms with Crippen LogP contribution in [0.25, 0.3) is 16.5 Å². The number of aliphatic hydroxyl groups excluding tert-OH is 1. The van der Waals surface area contributed by atoms with E-state index in [0.29, 0.717) is 59.9 Å². The first-order valence-corrected chi connectivity index (χ1v) is 24.0. The zero-order chi connectivity index (χ0) is 44.5. The fraction of sp³-hybridized carbons (Fsp3) is 0.489. The number of rotatable bonds is 9. The average Bonchev–Trinajstić information content (AvgIpc) is 3.64. The van der Waals surface area contributed by atoms with E-state index in [4.69, 9.17) is 37.4 Å². The normalized spacial score (nSPS) is 23.0. The van der Waals surface area contributed by atoms with Gasteiger partial charge in [-0.2, -0.15) is 0 Å². The van der Waals surface area contributed by atoms with Gasteiger partial charge in [-0.05, 0) is 86.6 Å². The van der Waals surface area contributed by atoms with Gasteiger partial charge in [0, 0.05) is 40.9 Å². The minimum absolute atomic E-state index is 0.00605. The molecule has 0 amide bonds. The number of ketones is 2. The molecule has 0 unspecified atom stereocenters. The molecule has 4 aromatic rings. The second kappa shape index (κ2) is 15.8.